The predicted molar refractivity (Wildman–Crippen MR) is 108 cm³/mol. The number of benzene rings is 2. The van der Waals surface area contributed by atoms with Crippen molar-refractivity contribution >= 4 is 17.5 Å². The van der Waals surface area contributed by atoms with Gasteiger partial charge in [-0.25, -0.2) is 0 Å². The number of carbonyl (C=O) groups is 1. The fraction of sp³-hybridized carbons (Fsp3) is 0.409. The molecule has 0 spiro atoms. The molecule has 0 aliphatic carbocycles. The standard InChI is InChI=1S/C22H28ClNO2/c1-14(2)16-8-5-6-10-18(16)22(4,26)13-12-15(3)17-9-7-11-19(23)20(17)21(24)25/h5-11,14-15,26H,12-13H2,1-4H3,(H2,24,25). The summed E-state index contributed by atoms with van der Waals surface area (Å²) in [6.45, 7) is 8.14. The highest BCUT2D eigenvalue weighted by atomic mass is 35.5. The van der Waals surface area contributed by atoms with E-state index in [9.17, 15) is 9.90 Å². The topological polar surface area (TPSA) is 63.3 Å². The van der Waals surface area contributed by atoms with Crippen molar-refractivity contribution in [1.82, 2.24) is 0 Å². The van der Waals surface area contributed by atoms with Crippen LogP contribution in [0.4, 0.5) is 0 Å². The summed E-state index contributed by atoms with van der Waals surface area (Å²) in [6.07, 6.45) is 1.28. The molecule has 2 aromatic rings. The Labute approximate surface area is 161 Å². The fourth-order valence-corrected chi connectivity index (χ4v) is 3.77. The fourth-order valence-electron chi connectivity index (χ4n) is 3.49. The summed E-state index contributed by atoms with van der Waals surface area (Å²) in [5.74, 6) is -0.132. The van der Waals surface area contributed by atoms with Crippen LogP contribution in [0, 0.1) is 0 Å². The molecule has 2 atom stereocenters. The van der Waals surface area contributed by atoms with Gasteiger partial charge in [0.1, 0.15) is 0 Å². The molecule has 2 rings (SSSR count). The number of hydrogen-bond acceptors (Lipinski definition) is 2. The monoisotopic (exact) mass is 373 g/mol. The normalized spacial score (nSPS) is 14.9. The third kappa shape index (κ3) is 4.46. The quantitative estimate of drug-likeness (QED) is 0.686. The highest BCUT2D eigenvalue weighted by Crippen LogP contribution is 2.36. The van der Waals surface area contributed by atoms with Gasteiger partial charge in [0.2, 0.25) is 0 Å². The first-order valence-corrected chi connectivity index (χ1v) is 9.43. The van der Waals surface area contributed by atoms with Gasteiger partial charge < -0.3 is 10.8 Å². The van der Waals surface area contributed by atoms with E-state index in [-0.39, 0.29) is 5.92 Å². The van der Waals surface area contributed by atoms with Crippen LogP contribution in [0.3, 0.4) is 0 Å². The number of primary amides is 1. The number of rotatable bonds is 7. The van der Waals surface area contributed by atoms with E-state index in [1.807, 2.05) is 44.2 Å². The van der Waals surface area contributed by atoms with Crippen molar-refractivity contribution in [2.24, 2.45) is 5.73 Å². The highest BCUT2D eigenvalue weighted by Gasteiger charge is 2.28. The molecule has 0 radical (unpaired) electrons. The van der Waals surface area contributed by atoms with Crippen LogP contribution in [0.5, 0.6) is 0 Å². The summed E-state index contributed by atoms with van der Waals surface area (Å²) in [7, 11) is 0. The molecule has 0 aliphatic rings. The van der Waals surface area contributed by atoms with Crippen molar-refractivity contribution in [3.05, 3.63) is 69.7 Å². The van der Waals surface area contributed by atoms with E-state index in [0.717, 1.165) is 16.7 Å². The van der Waals surface area contributed by atoms with Gasteiger partial charge in [-0.15, -0.1) is 0 Å². The summed E-state index contributed by atoms with van der Waals surface area (Å²) < 4.78 is 0. The second-order valence-corrected chi connectivity index (χ2v) is 7.93. The second kappa shape index (κ2) is 8.24. The van der Waals surface area contributed by atoms with E-state index in [2.05, 4.69) is 19.9 Å². The Morgan fingerprint density at radius 3 is 2.35 bits per heavy atom. The average molecular weight is 374 g/mol. The molecular weight excluding hydrogens is 346 g/mol. The van der Waals surface area contributed by atoms with Crippen molar-refractivity contribution in [1.29, 1.82) is 0 Å². The smallest absolute Gasteiger partial charge is 0.250 e. The molecule has 0 aliphatic heterocycles. The summed E-state index contributed by atoms with van der Waals surface area (Å²) in [4.78, 5) is 11.8. The zero-order valence-electron chi connectivity index (χ0n) is 15.9. The van der Waals surface area contributed by atoms with E-state index in [1.165, 1.54) is 0 Å². The van der Waals surface area contributed by atoms with E-state index in [0.29, 0.717) is 29.3 Å². The Hall–Kier alpha value is -1.84. The van der Waals surface area contributed by atoms with Crippen molar-refractivity contribution < 1.29 is 9.90 Å². The summed E-state index contributed by atoms with van der Waals surface area (Å²) in [6, 6.07) is 13.4. The molecule has 2 unspecified atom stereocenters. The molecule has 1 amide bonds. The summed E-state index contributed by atoms with van der Waals surface area (Å²) in [5, 5.41) is 11.5. The Morgan fingerprint density at radius 2 is 1.73 bits per heavy atom. The lowest BCUT2D eigenvalue weighted by atomic mass is 9.81. The van der Waals surface area contributed by atoms with Crippen LogP contribution < -0.4 is 5.73 Å². The Morgan fingerprint density at radius 1 is 1.12 bits per heavy atom. The third-order valence-electron chi connectivity index (χ3n) is 5.05. The van der Waals surface area contributed by atoms with Gasteiger partial charge in [0, 0.05) is 0 Å². The lowest BCUT2D eigenvalue weighted by molar-refractivity contribution is 0.0428. The van der Waals surface area contributed by atoms with Gasteiger partial charge in [-0.05, 0) is 54.4 Å². The minimum Gasteiger partial charge on any atom is -0.385 e. The van der Waals surface area contributed by atoms with Gasteiger partial charge in [-0.1, -0.05) is 68.8 Å². The molecule has 0 saturated heterocycles. The van der Waals surface area contributed by atoms with Gasteiger partial charge >= 0.3 is 0 Å². The number of nitrogens with two attached hydrogens (primary N) is 1. The Balaban J connectivity index is 2.23. The Kier molecular flexibility index (Phi) is 6.48. The van der Waals surface area contributed by atoms with E-state index in [4.69, 9.17) is 17.3 Å². The molecule has 4 heteroatoms. The number of hydrogen-bond donors (Lipinski definition) is 2. The first kappa shape index (κ1) is 20.5. The van der Waals surface area contributed by atoms with Gasteiger partial charge in [-0.2, -0.15) is 0 Å². The summed E-state index contributed by atoms with van der Waals surface area (Å²) in [5.41, 5.74) is 7.89. The van der Waals surface area contributed by atoms with Crippen LogP contribution in [0.1, 0.15) is 79.4 Å². The zero-order valence-corrected chi connectivity index (χ0v) is 16.7. The first-order valence-electron chi connectivity index (χ1n) is 9.05. The van der Waals surface area contributed by atoms with Gasteiger partial charge in [-0.3, -0.25) is 4.79 Å². The number of aliphatic hydroxyl groups is 1. The molecule has 2 aromatic carbocycles. The molecule has 0 aromatic heterocycles. The average Bonchev–Trinajstić information content (AvgIpc) is 2.59. The maximum absolute atomic E-state index is 11.8. The molecule has 26 heavy (non-hydrogen) atoms. The van der Waals surface area contributed by atoms with E-state index >= 15 is 0 Å². The van der Waals surface area contributed by atoms with E-state index in [1.54, 1.807) is 6.07 Å². The largest absolute Gasteiger partial charge is 0.385 e. The molecule has 0 fully saturated rings. The molecule has 140 valence electrons. The van der Waals surface area contributed by atoms with Crippen LogP contribution >= 0.6 is 11.6 Å². The lowest BCUT2D eigenvalue weighted by Crippen LogP contribution is -2.24. The highest BCUT2D eigenvalue weighted by molar-refractivity contribution is 6.34. The maximum Gasteiger partial charge on any atom is 0.250 e. The minimum atomic E-state index is -0.944. The third-order valence-corrected chi connectivity index (χ3v) is 5.37. The summed E-state index contributed by atoms with van der Waals surface area (Å²) >= 11 is 6.16. The van der Waals surface area contributed by atoms with Crippen molar-refractivity contribution in [2.75, 3.05) is 0 Å². The van der Waals surface area contributed by atoms with Gasteiger partial charge in [0.05, 0.1) is 16.2 Å². The number of amides is 1. The minimum absolute atomic E-state index is 0.0499. The van der Waals surface area contributed by atoms with Gasteiger partial charge in [0.25, 0.3) is 5.91 Å². The SMILES string of the molecule is CC(C)c1ccccc1C(C)(O)CCC(C)c1cccc(Cl)c1C(N)=O. The van der Waals surface area contributed by atoms with Crippen LogP contribution in [-0.2, 0) is 5.60 Å². The molecule has 0 saturated carbocycles. The maximum atomic E-state index is 11.8. The number of halogens is 1. The predicted octanol–water partition coefficient (Wildman–Crippen LogP) is 5.35. The molecule has 0 heterocycles. The first-order chi connectivity index (χ1) is 12.1. The van der Waals surface area contributed by atoms with Crippen LogP contribution in [0.25, 0.3) is 0 Å². The number of carbonyl (C=O) groups excluding carboxylic acids is 1. The lowest BCUT2D eigenvalue weighted by Gasteiger charge is -2.29. The van der Waals surface area contributed by atoms with Crippen LogP contribution in [0.2, 0.25) is 5.02 Å². The van der Waals surface area contributed by atoms with E-state index < -0.39 is 11.5 Å². The molecule has 0 bridgehead atoms. The molecular formula is C22H28ClNO2. The molecule has 3 N–H and O–H groups in total. The van der Waals surface area contributed by atoms with Gasteiger partial charge in [0.15, 0.2) is 0 Å². The Bertz CT molecular complexity index is 783. The van der Waals surface area contributed by atoms with Crippen LogP contribution in [-0.4, -0.2) is 11.0 Å². The second-order valence-electron chi connectivity index (χ2n) is 7.52. The van der Waals surface area contributed by atoms with Crippen LogP contribution in [0.15, 0.2) is 42.5 Å². The molecule has 3 nitrogen and oxygen atoms in total. The van der Waals surface area contributed by atoms with Crippen molar-refractivity contribution in [2.45, 2.75) is 58.0 Å². The zero-order chi connectivity index (χ0) is 19.5. The van der Waals surface area contributed by atoms with Crippen molar-refractivity contribution in [3.8, 4) is 0 Å². The van der Waals surface area contributed by atoms with Crippen molar-refractivity contribution in [3.63, 3.8) is 0 Å².